The van der Waals surface area contributed by atoms with Crippen molar-refractivity contribution in [3.8, 4) is 0 Å². The minimum atomic E-state index is -3.18. The van der Waals surface area contributed by atoms with E-state index in [1.807, 2.05) is 11.4 Å². The zero-order chi connectivity index (χ0) is 17.6. The highest BCUT2D eigenvalue weighted by Crippen LogP contribution is 2.21. The third-order valence-electron chi connectivity index (χ3n) is 4.03. The first kappa shape index (κ1) is 19.1. The molecule has 1 aliphatic rings. The normalized spacial score (nSPS) is 19.7. The number of sulfonamides is 1. The number of carbonyl (C=O) groups excluding carboxylic acids is 1. The number of aliphatic hydroxyl groups excluding tert-OH is 1. The van der Waals surface area contributed by atoms with Crippen molar-refractivity contribution in [2.45, 2.75) is 38.3 Å². The van der Waals surface area contributed by atoms with Gasteiger partial charge in [0.05, 0.1) is 12.9 Å². The van der Waals surface area contributed by atoms with Gasteiger partial charge in [-0.1, -0.05) is 6.42 Å². The first-order chi connectivity index (χ1) is 11.4. The van der Waals surface area contributed by atoms with Crippen LogP contribution in [0.4, 0.5) is 0 Å². The molecule has 8 heteroatoms. The van der Waals surface area contributed by atoms with Gasteiger partial charge in [0.1, 0.15) is 0 Å². The van der Waals surface area contributed by atoms with Crippen LogP contribution in [0.2, 0.25) is 0 Å². The molecule has 24 heavy (non-hydrogen) atoms. The molecule has 2 heterocycles. The van der Waals surface area contributed by atoms with Crippen LogP contribution in [-0.2, 0) is 21.4 Å². The Balaban J connectivity index is 1.79. The predicted octanol–water partition coefficient (Wildman–Crippen LogP) is 1.57. The zero-order valence-electron chi connectivity index (χ0n) is 13.8. The fourth-order valence-electron chi connectivity index (χ4n) is 2.84. The summed E-state index contributed by atoms with van der Waals surface area (Å²) >= 11 is 1.47. The average molecular weight is 373 g/mol. The largest absolute Gasteiger partial charge is 0.392 e. The van der Waals surface area contributed by atoms with Crippen LogP contribution in [0, 0.1) is 0 Å². The molecule has 0 spiro atoms. The van der Waals surface area contributed by atoms with Gasteiger partial charge in [-0.2, -0.15) is 4.31 Å². The Labute approximate surface area is 147 Å². The summed E-state index contributed by atoms with van der Waals surface area (Å²) < 4.78 is 25.1. The van der Waals surface area contributed by atoms with E-state index in [0.717, 1.165) is 29.7 Å². The first-order valence-corrected chi connectivity index (χ1v) is 10.7. The van der Waals surface area contributed by atoms with Gasteiger partial charge in [0.2, 0.25) is 15.9 Å². The van der Waals surface area contributed by atoms with Gasteiger partial charge in [0.25, 0.3) is 0 Å². The van der Waals surface area contributed by atoms with Crippen molar-refractivity contribution in [2.75, 3.05) is 19.3 Å². The monoisotopic (exact) mass is 372 g/mol. The lowest BCUT2D eigenvalue weighted by Gasteiger charge is -2.33. The summed E-state index contributed by atoms with van der Waals surface area (Å²) in [4.78, 5) is 12.7. The Hall–Kier alpha value is -1.22. The molecule has 0 saturated carbocycles. The van der Waals surface area contributed by atoms with Crippen molar-refractivity contribution < 1.29 is 18.3 Å². The fourth-order valence-corrected chi connectivity index (χ4v) is 4.85. The highest BCUT2D eigenvalue weighted by atomic mass is 32.2. The third-order valence-corrected chi connectivity index (χ3v) is 6.31. The molecule has 6 nitrogen and oxygen atoms in total. The van der Waals surface area contributed by atoms with Crippen LogP contribution < -0.4 is 5.32 Å². The third kappa shape index (κ3) is 5.70. The minimum Gasteiger partial charge on any atom is -0.392 e. The number of thiophene rings is 1. The van der Waals surface area contributed by atoms with E-state index in [-0.39, 0.29) is 18.6 Å². The van der Waals surface area contributed by atoms with Crippen molar-refractivity contribution in [3.63, 3.8) is 0 Å². The Bertz CT molecular complexity index is 682. The van der Waals surface area contributed by atoms with Crippen LogP contribution in [0.15, 0.2) is 17.5 Å². The van der Waals surface area contributed by atoms with E-state index in [4.69, 9.17) is 5.11 Å². The van der Waals surface area contributed by atoms with E-state index in [2.05, 4.69) is 5.32 Å². The van der Waals surface area contributed by atoms with Crippen LogP contribution in [-0.4, -0.2) is 49.1 Å². The molecule has 1 saturated heterocycles. The maximum atomic E-state index is 11.8. The van der Waals surface area contributed by atoms with Crippen LogP contribution in [0.1, 0.15) is 36.1 Å². The molecule has 134 valence electrons. The molecular formula is C16H24N2O4S2. The Morgan fingerprint density at radius 1 is 1.50 bits per heavy atom. The molecule has 1 fully saturated rings. The molecule has 1 atom stereocenters. The summed E-state index contributed by atoms with van der Waals surface area (Å²) in [7, 11) is -3.18. The van der Waals surface area contributed by atoms with E-state index in [1.165, 1.54) is 23.7 Å². The Morgan fingerprint density at radius 3 is 2.96 bits per heavy atom. The number of hydrogen-bond donors (Lipinski definition) is 2. The number of nitrogens with one attached hydrogen (secondary N) is 1. The minimum absolute atomic E-state index is 0.00520. The summed E-state index contributed by atoms with van der Waals surface area (Å²) in [6, 6.07) is 1.81. The van der Waals surface area contributed by atoms with Gasteiger partial charge in [-0.15, -0.1) is 11.3 Å². The number of carbonyl (C=O) groups is 1. The second-order valence-corrected chi connectivity index (χ2v) is 8.83. The Kier molecular flexibility index (Phi) is 6.97. The summed E-state index contributed by atoms with van der Waals surface area (Å²) in [5, 5.41) is 13.7. The zero-order valence-corrected chi connectivity index (χ0v) is 15.4. The van der Waals surface area contributed by atoms with Crippen molar-refractivity contribution in [3.05, 3.63) is 28.0 Å². The van der Waals surface area contributed by atoms with E-state index in [1.54, 1.807) is 10.4 Å². The quantitative estimate of drug-likeness (QED) is 0.712. The average Bonchev–Trinajstić information content (AvgIpc) is 3.00. The van der Waals surface area contributed by atoms with E-state index in [0.29, 0.717) is 19.5 Å². The lowest BCUT2D eigenvalue weighted by atomic mass is 10.0. The molecule has 2 rings (SSSR count). The van der Waals surface area contributed by atoms with Gasteiger partial charge < -0.3 is 10.4 Å². The van der Waals surface area contributed by atoms with Gasteiger partial charge in [-0.25, -0.2) is 8.42 Å². The summed E-state index contributed by atoms with van der Waals surface area (Å²) in [5.74, 6) is -0.198. The molecule has 1 aromatic heterocycles. The molecule has 1 aliphatic heterocycles. The lowest BCUT2D eigenvalue weighted by Crippen LogP contribution is -2.44. The Morgan fingerprint density at radius 2 is 2.29 bits per heavy atom. The fraction of sp³-hybridized carbons (Fsp3) is 0.562. The molecule has 0 aliphatic carbocycles. The second kappa shape index (κ2) is 8.75. The second-order valence-electron chi connectivity index (χ2n) is 5.95. The van der Waals surface area contributed by atoms with Crippen LogP contribution in [0.5, 0.6) is 0 Å². The number of nitrogens with zero attached hydrogens (tertiary/aromatic N) is 1. The molecule has 0 aromatic carbocycles. The molecule has 1 amide bonds. The number of aliphatic hydroxyl groups is 1. The molecular weight excluding hydrogens is 348 g/mol. The molecule has 1 aromatic rings. The highest BCUT2D eigenvalue weighted by molar-refractivity contribution is 7.88. The van der Waals surface area contributed by atoms with E-state index in [9.17, 15) is 13.2 Å². The predicted molar refractivity (Wildman–Crippen MR) is 96.1 cm³/mol. The van der Waals surface area contributed by atoms with Crippen LogP contribution >= 0.6 is 11.3 Å². The number of rotatable bonds is 7. The van der Waals surface area contributed by atoms with Crippen molar-refractivity contribution in [1.82, 2.24) is 9.62 Å². The highest BCUT2D eigenvalue weighted by Gasteiger charge is 2.28. The van der Waals surface area contributed by atoms with Gasteiger partial charge in [0, 0.05) is 30.1 Å². The lowest BCUT2D eigenvalue weighted by molar-refractivity contribution is -0.116. The van der Waals surface area contributed by atoms with Crippen LogP contribution in [0.25, 0.3) is 6.08 Å². The summed E-state index contributed by atoms with van der Waals surface area (Å²) in [5.41, 5.74) is 0.832. The molecule has 2 N–H and O–H groups in total. The maximum Gasteiger partial charge on any atom is 0.244 e. The van der Waals surface area contributed by atoms with Crippen LogP contribution in [0.3, 0.4) is 0 Å². The number of hydrogen-bond acceptors (Lipinski definition) is 5. The van der Waals surface area contributed by atoms with Gasteiger partial charge in [-0.05, 0) is 42.3 Å². The van der Waals surface area contributed by atoms with Crippen molar-refractivity contribution in [2.24, 2.45) is 0 Å². The molecule has 0 bridgehead atoms. The molecule has 1 unspecified atom stereocenters. The summed E-state index contributed by atoms with van der Waals surface area (Å²) in [6.07, 6.45) is 7.81. The maximum absolute atomic E-state index is 11.8. The van der Waals surface area contributed by atoms with Gasteiger partial charge in [-0.3, -0.25) is 4.79 Å². The first-order valence-electron chi connectivity index (χ1n) is 8.01. The SMILES string of the molecule is CS(=O)(=O)N1CCCCC1CCNC(=O)C=Cc1cc(CO)cs1. The smallest absolute Gasteiger partial charge is 0.244 e. The van der Waals surface area contributed by atoms with Crippen molar-refractivity contribution >= 4 is 33.3 Å². The van der Waals surface area contributed by atoms with Gasteiger partial charge in [0.15, 0.2) is 0 Å². The standard InChI is InChI=1S/C16H24N2O4S2/c1-24(21,22)18-9-3-2-4-14(18)7-8-17-16(20)6-5-15-10-13(11-19)12-23-15/h5-6,10,12,14,19H,2-4,7-9,11H2,1H3,(H,17,20). The topological polar surface area (TPSA) is 86.7 Å². The van der Waals surface area contributed by atoms with Crippen molar-refractivity contribution in [1.29, 1.82) is 0 Å². The van der Waals surface area contributed by atoms with E-state index >= 15 is 0 Å². The van der Waals surface area contributed by atoms with E-state index < -0.39 is 10.0 Å². The number of amides is 1. The number of piperidine rings is 1. The van der Waals surface area contributed by atoms with Gasteiger partial charge >= 0.3 is 0 Å². The summed E-state index contributed by atoms with van der Waals surface area (Å²) in [6.45, 7) is 1.02. The molecule has 0 radical (unpaired) electrons.